The number of benzene rings is 6. The van der Waals surface area contributed by atoms with E-state index < -0.39 is 0 Å². The number of aromatic nitrogens is 3. The second-order valence-electron chi connectivity index (χ2n) is 10.8. The van der Waals surface area contributed by atoms with E-state index in [1.807, 2.05) is 91.0 Å². The van der Waals surface area contributed by atoms with Crippen molar-refractivity contribution in [3.63, 3.8) is 0 Å². The highest BCUT2D eigenvalue weighted by Gasteiger charge is 2.20. The second-order valence-corrected chi connectivity index (χ2v) is 10.8. The van der Waals surface area contributed by atoms with E-state index in [9.17, 15) is 0 Å². The van der Waals surface area contributed by atoms with Crippen LogP contribution in [0.1, 0.15) is 0 Å². The number of fused-ring (bicyclic) bond motifs is 6. The first-order chi connectivity index (χ1) is 21.8. The Balaban J connectivity index is 1.28. The van der Waals surface area contributed by atoms with Crippen LogP contribution in [0.15, 0.2) is 148 Å². The zero-order valence-electron chi connectivity index (χ0n) is 23.4. The first kappa shape index (κ1) is 24.5. The summed E-state index contributed by atoms with van der Waals surface area (Å²) in [5.41, 5.74) is 8.13. The Morgan fingerprint density at radius 2 is 0.977 bits per heavy atom. The van der Waals surface area contributed by atoms with Crippen LogP contribution < -0.4 is 0 Å². The van der Waals surface area contributed by atoms with Crippen molar-refractivity contribution >= 4 is 43.9 Å². The van der Waals surface area contributed by atoms with Gasteiger partial charge in [0.05, 0.1) is 5.56 Å². The van der Waals surface area contributed by atoms with E-state index in [4.69, 9.17) is 23.8 Å². The predicted molar refractivity (Wildman–Crippen MR) is 176 cm³/mol. The third-order valence-corrected chi connectivity index (χ3v) is 8.15. The van der Waals surface area contributed by atoms with Gasteiger partial charge in [-0.05, 0) is 47.5 Å². The molecule has 0 radical (unpaired) electrons. The normalized spacial score (nSPS) is 11.6. The van der Waals surface area contributed by atoms with Gasteiger partial charge in [0.15, 0.2) is 17.5 Å². The largest absolute Gasteiger partial charge is 0.456 e. The van der Waals surface area contributed by atoms with E-state index in [1.165, 1.54) is 0 Å². The van der Waals surface area contributed by atoms with E-state index in [0.717, 1.165) is 71.7 Å². The zero-order chi connectivity index (χ0) is 29.0. The maximum atomic E-state index is 6.57. The Bertz CT molecular complexity index is 2500. The molecule has 0 atom stereocenters. The van der Waals surface area contributed by atoms with E-state index >= 15 is 0 Å². The van der Waals surface area contributed by atoms with Crippen molar-refractivity contribution in [2.24, 2.45) is 0 Å². The van der Waals surface area contributed by atoms with Crippen LogP contribution in [0.5, 0.6) is 0 Å². The molecule has 6 aromatic carbocycles. The van der Waals surface area contributed by atoms with Gasteiger partial charge in [-0.15, -0.1) is 0 Å². The molecule has 3 aromatic heterocycles. The number of para-hydroxylation sites is 2. The number of hydrogen-bond donors (Lipinski definition) is 0. The monoisotopic (exact) mass is 565 g/mol. The standard InChI is InChI=1S/C39H23N3O2/c1-3-11-24(12-4-1)27-16-10-20-34-35(27)29-17-9-18-30(36(29)44-34)39-41-37(25-13-5-2-6-14-25)40-38(42-39)26-21-22-33-31(23-26)28-15-7-8-19-32(28)43-33/h1-23H. The molecule has 0 spiro atoms. The topological polar surface area (TPSA) is 65.0 Å². The first-order valence-corrected chi connectivity index (χ1v) is 14.5. The summed E-state index contributed by atoms with van der Waals surface area (Å²) in [7, 11) is 0. The Morgan fingerprint density at radius 3 is 1.82 bits per heavy atom. The van der Waals surface area contributed by atoms with Crippen molar-refractivity contribution in [3.05, 3.63) is 140 Å². The highest BCUT2D eigenvalue weighted by molar-refractivity contribution is 6.15. The summed E-state index contributed by atoms with van der Waals surface area (Å²) in [4.78, 5) is 15.0. The summed E-state index contributed by atoms with van der Waals surface area (Å²) < 4.78 is 12.7. The average Bonchev–Trinajstić information content (AvgIpc) is 3.67. The summed E-state index contributed by atoms with van der Waals surface area (Å²) in [5.74, 6) is 1.73. The highest BCUT2D eigenvalue weighted by Crippen LogP contribution is 2.40. The van der Waals surface area contributed by atoms with E-state index in [0.29, 0.717) is 17.5 Å². The van der Waals surface area contributed by atoms with Gasteiger partial charge in [-0.3, -0.25) is 0 Å². The van der Waals surface area contributed by atoms with Crippen LogP contribution in [0.4, 0.5) is 0 Å². The number of furan rings is 2. The number of nitrogens with zero attached hydrogens (tertiary/aromatic N) is 3. The molecule has 0 saturated heterocycles. The fourth-order valence-corrected chi connectivity index (χ4v) is 6.09. The second kappa shape index (κ2) is 9.75. The highest BCUT2D eigenvalue weighted by atomic mass is 16.3. The van der Waals surface area contributed by atoms with Crippen molar-refractivity contribution in [1.29, 1.82) is 0 Å². The third kappa shape index (κ3) is 3.91. The molecule has 0 bridgehead atoms. The summed E-state index contributed by atoms with van der Waals surface area (Å²) in [5, 5.41) is 4.18. The lowest BCUT2D eigenvalue weighted by molar-refractivity contribution is 0.669. The molecule has 0 amide bonds. The van der Waals surface area contributed by atoms with E-state index in [1.54, 1.807) is 0 Å². The predicted octanol–water partition coefficient (Wildman–Crippen LogP) is 10.3. The van der Waals surface area contributed by atoms with Crippen LogP contribution in [0.25, 0.3) is 89.2 Å². The summed E-state index contributed by atoms with van der Waals surface area (Å²) in [6.07, 6.45) is 0. The molecular formula is C39H23N3O2. The molecule has 0 fully saturated rings. The van der Waals surface area contributed by atoms with Crippen LogP contribution in [-0.2, 0) is 0 Å². The van der Waals surface area contributed by atoms with Crippen molar-refractivity contribution in [2.75, 3.05) is 0 Å². The van der Waals surface area contributed by atoms with Gasteiger partial charge < -0.3 is 8.83 Å². The molecule has 0 aliphatic carbocycles. The van der Waals surface area contributed by atoms with Crippen molar-refractivity contribution < 1.29 is 8.83 Å². The van der Waals surface area contributed by atoms with Crippen molar-refractivity contribution in [3.8, 4) is 45.3 Å². The van der Waals surface area contributed by atoms with Crippen molar-refractivity contribution in [2.45, 2.75) is 0 Å². The smallest absolute Gasteiger partial charge is 0.167 e. The Labute approximate surface area is 252 Å². The van der Waals surface area contributed by atoms with E-state index in [2.05, 4.69) is 48.5 Å². The molecule has 3 heterocycles. The maximum Gasteiger partial charge on any atom is 0.167 e. The average molecular weight is 566 g/mol. The molecule has 0 aliphatic heterocycles. The van der Waals surface area contributed by atoms with Gasteiger partial charge in [0.2, 0.25) is 0 Å². The fraction of sp³-hybridized carbons (Fsp3) is 0. The van der Waals surface area contributed by atoms with Crippen LogP contribution in [0.2, 0.25) is 0 Å². The lowest BCUT2D eigenvalue weighted by Crippen LogP contribution is -2.00. The van der Waals surface area contributed by atoms with E-state index in [-0.39, 0.29) is 0 Å². The molecule has 0 unspecified atom stereocenters. The first-order valence-electron chi connectivity index (χ1n) is 14.5. The minimum Gasteiger partial charge on any atom is -0.456 e. The lowest BCUT2D eigenvalue weighted by Gasteiger charge is -2.09. The maximum absolute atomic E-state index is 6.57. The molecule has 206 valence electrons. The molecule has 44 heavy (non-hydrogen) atoms. The number of hydrogen-bond acceptors (Lipinski definition) is 5. The summed E-state index contributed by atoms with van der Waals surface area (Å²) >= 11 is 0. The Morgan fingerprint density at radius 1 is 0.364 bits per heavy atom. The van der Waals surface area contributed by atoms with Crippen LogP contribution in [-0.4, -0.2) is 15.0 Å². The molecule has 9 rings (SSSR count). The van der Waals surface area contributed by atoms with Crippen LogP contribution in [0, 0.1) is 0 Å². The number of rotatable bonds is 4. The van der Waals surface area contributed by atoms with Gasteiger partial charge in [-0.1, -0.05) is 103 Å². The Hall–Kier alpha value is -6.07. The van der Waals surface area contributed by atoms with Gasteiger partial charge in [-0.25, -0.2) is 15.0 Å². The molecule has 0 saturated carbocycles. The molecule has 5 heteroatoms. The van der Waals surface area contributed by atoms with Gasteiger partial charge in [0.25, 0.3) is 0 Å². The van der Waals surface area contributed by atoms with Gasteiger partial charge in [-0.2, -0.15) is 0 Å². The molecule has 0 N–H and O–H groups in total. The Kier molecular flexibility index (Phi) is 5.43. The van der Waals surface area contributed by atoms with Gasteiger partial charge in [0, 0.05) is 32.7 Å². The lowest BCUT2D eigenvalue weighted by atomic mass is 9.99. The van der Waals surface area contributed by atoms with Crippen LogP contribution >= 0.6 is 0 Å². The quantitative estimate of drug-likeness (QED) is 0.212. The summed E-state index contributed by atoms with van der Waals surface area (Å²) in [6.45, 7) is 0. The summed E-state index contributed by atoms with van der Waals surface area (Å²) in [6, 6.07) is 46.9. The molecule has 0 aliphatic rings. The minimum absolute atomic E-state index is 0.553. The van der Waals surface area contributed by atoms with Gasteiger partial charge >= 0.3 is 0 Å². The molecule has 5 nitrogen and oxygen atoms in total. The zero-order valence-corrected chi connectivity index (χ0v) is 23.4. The molecular weight excluding hydrogens is 542 g/mol. The fourth-order valence-electron chi connectivity index (χ4n) is 6.09. The SMILES string of the molecule is c1ccc(-c2nc(-c3ccc4oc5ccccc5c4c3)nc(-c3cccc4c3oc3cccc(-c5ccccc5)c34)n2)cc1. The molecule has 9 aromatic rings. The van der Waals surface area contributed by atoms with Crippen molar-refractivity contribution in [1.82, 2.24) is 15.0 Å². The minimum atomic E-state index is 0.553. The van der Waals surface area contributed by atoms with Gasteiger partial charge in [0.1, 0.15) is 22.3 Å². The van der Waals surface area contributed by atoms with Crippen LogP contribution in [0.3, 0.4) is 0 Å². The third-order valence-electron chi connectivity index (χ3n) is 8.15.